The maximum Gasteiger partial charge on any atom is 0.229 e. The van der Waals surface area contributed by atoms with Crippen molar-refractivity contribution in [3.8, 4) is 0 Å². The van der Waals surface area contributed by atoms with Gasteiger partial charge in [-0.15, -0.1) is 0 Å². The molecule has 2 unspecified atom stereocenters. The van der Waals surface area contributed by atoms with Crippen LogP contribution in [0, 0.1) is 11.7 Å². The second-order valence-corrected chi connectivity index (χ2v) is 7.45. The van der Waals surface area contributed by atoms with Gasteiger partial charge in [0.15, 0.2) is 5.82 Å². The van der Waals surface area contributed by atoms with Crippen molar-refractivity contribution in [2.45, 2.75) is 18.9 Å². The molecule has 0 aliphatic heterocycles. The topological polar surface area (TPSA) is 46.9 Å². The number of carbonyl (C=O) groups excluding carboxylic acids is 1. The Hall–Kier alpha value is -2.37. The molecule has 0 bridgehead atoms. The summed E-state index contributed by atoms with van der Waals surface area (Å²) in [5.74, 6) is -0.0632. The van der Waals surface area contributed by atoms with Gasteiger partial charge in [0.25, 0.3) is 0 Å². The smallest absolute Gasteiger partial charge is 0.229 e. The molecule has 2 atom stereocenters. The van der Waals surface area contributed by atoms with Crippen LogP contribution < -0.4 is 5.32 Å². The number of aromatic nitrogens is 2. The van der Waals surface area contributed by atoms with Gasteiger partial charge in [0.05, 0.1) is 6.54 Å². The zero-order valence-corrected chi connectivity index (χ0v) is 15.7. The van der Waals surface area contributed by atoms with Crippen LogP contribution >= 0.6 is 23.2 Å². The maximum atomic E-state index is 13.8. The van der Waals surface area contributed by atoms with Crippen LogP contribution in [0.5, 0.6) is 0 Å². The van der Waals surface area contributed by atoms with Crippen LogP contribution in [0.2, 0.25) is 10.0 Å². The predicted molar refractivity (Wildman–Crippen MR) is 104 cm³/mol. The fraction of sp³-hybridized carbons (Fsp3) is 0.200. The molecule has 7 heteroatoms. The minimum atomic E-state index is -0.307. The molecule has 27 heavy (non-hydrogen) atoms. The molecule has 0 spiro atoms. The molecule has 1 saturated carbocycles. The van der Waals surface area contributed by atoms with Crippen LogP contribution in [0.25, 0.3) is 0 Å². The van der Waals surface area contributed by atoms with Gasteiger partial charge in [0, 0.05) is 22.7 Å². The third kappa shape index (κ3) is 3.99. The van der Waals surface area contributed by atoms with Crippen LogP contribution in [-0.4, -0.2) is 15.7 Å². The summed E-state index contributed by atoms with van der Waals surface area (Å²) in [4.78, 5) is 12.5. The Morgan fingerprint density at radius 3 is 2.67 bits per heavy atom. The molecule has 2 aromatic carbocycles. The predicted octanol–water partition coefficient (Wildman–Crippen LogP) is 5.12. The average molecular weight is 404 g/mol. The summed E-state index contributed by atoms with van der Waals surface area (Å²) in [5.41, 5.74) is 1.59. The Balaban J connectivity index is 1.41. The summed E-state index contributed by atoms with van der Waals surface area (Å²) in [6.07, 6.45) is 2.36. The molecule has 1 heterocycles. The molecule has 1 N–H and O–H groups in total. The van der Waals surface area contributed by atoms with E-state index in [1.165, 1.54) is 10.7 Å². The van der Waals surface area contributed by atoms with Crippen molar-refractivity contribution in [1.29, 1.82) is 0 Å². The molecule has 1 amide bonds. The van der Waals surface area contributed by atoms with E-state index in [1.54, 1.807) is 24.4 Å². The van der Waals surface area contributed by atoms with Crippen molar-refractivity contribution in [1.82, 2.24) is 9.78 Å². The highest BCUT2D eigenvalue weighted by Gasteiger charge is 2.44. The van der Waals surface area contributed by atoms with Crippen molar-refractivity contribution in [3.63, 3.8) is 0 Å². The summed E-state index contributed by atoms with van der Waals surface area (Å²) < 4.78 is 15.3. The lowest BCUT2D eigenvalue weighted by molar-refractivity contribution is -0.117. The quantitative estimate of drug-likeness (QED) is 0.642. The summed E-state index contributed by atoms with van der Waals surface area (Å²) in [7, 11) is 0. The summed E-state index contributed by atoms with van der Waals surface area (Å²) in [6, 6.07) is 14.0. The zero-order valence-electron chi connectivity index (χ0n) is 14.2. The van der Waals surface area contributed by atoms with Gasteiger partial charge in [-0.25, -0.2) is 4.39 Å². The minimum Gasteiger partial charge on any atom is -0.308 e. The van der Waals surface area contributed by atoms with Gasteiger partial charge < -0.3 is 5.32 Å². The van der Waals surface area contributed by atoms with Gasteiger partial charge in [0.1, 0.15) is 10.8 Å². The summed E-state index contributed by atoms with van der Waals surface area (Å²) >= 11 is 12.1. The molecule has 1 aliphatic rings. The van der Waals surface area contributed by atoms with Gasteiger partial charge in [-0.1, -0.05) is 53.5 Å². The molecule has 0 radical (unpaired) electrons. The Bertz CT molecular complexity index is 987. The van der Waals surface area contributed by atoms with Crippen LogP contribution in [0.15, 0.2) is 54.7 Å². The maximum absolute atomic E-state index is 13.8. The number of hydrogen-bond acceptors (Lipinski definition) is 2. The second-order valence-electron chi connectivity index (χ2n) is 6.60. The number of benzene rings is 2. The van der Waals surface area contributed by atoms with E-state index in [-0.39, 0.29) is 30.1 Å². The van der Waals surface area contributed by atoms with E-state index in [4.69, 9.17) is 23.2 Å². The molecular weight excluding hydrogens is 388 g/mol. The summed E-state index contributed by atoms with van der Waals surface area (Å²) in [5, 5.41) is 8.05. The second kappa shape index (κ2) is 7.33. The van der Waals surface area contributed by atoms with E-state index in [0.29, 0.717) is 21.4 Å². The molecule has 138 valence electrons. The molecule has 4 nitrogen and oxygen atoms in total. The Labute approximate surface area is 165 Å². The van der Waals surface area contributed by atoms with Gasteiger partial charge >= 0.3 is 0 Å². The highest BCUT2D eigenvalue weighted by Crippen LogP contribution is 2.48. The van der Waals surface area contributed by atoms with E-state index in [9.17, 15) is 9.18 Å². The van der Waals surface area contributed by atoms with Crippen LogP contribution in [0.1, 0.15) is 23.5 Å². The van der Waals surface area contributed by atoms with Crippen molar-refractivity contribution >= 4 is 34.9 Å². The largest absolute Gasteiger partial charge is 0.308 e. The van der Waals surface area contributed by atoms with E-state index in [1.807, 2.05) is 24.3 Å². The van der Waals surface area contributed by atoms with E-state index in [2.05, 4.69) is 10.4 Å². The molecule has 3 aromatic rings. The third-order valence-corrected chi connectivity index (χ3v) is 5.20. The monoisotopic (exact) mass is 403 g/mol. The molecule has 0 saturated heterocycles. The lowest BCUT2D eigenvalue weighted by Gasteiger charge is -2.04. The van der Waals surface area contributed by atoms with Crippen LogP contribution in [-0.2, 0) is 11.3 Å². The van der Waals surface area contributed by atoms with E-state index < -0.39 is 0 Å². The van der Waals surface area contributed by atoms with Crippen molar-refractivity contribution in [2.24, 2.45) is 5.92 Å². The number of nitrogens with zero attached hydrogens (tertiary/aromatic N) is 2. The number of amides is 1. The first-order chi connectivity index (χ1) is 13.0. The standard InChI is InChI=1S/C20H16Cl2FN3O/c21-14-7-5-12(6-8-14)15-9-16(15)20(27)24-19-17(22)11-26(25-19)10-13-3-1-2-4-18(13)23/h1-8,11,15-16H,9-10H2,(H,24,25,27). The van der Waals surface area contributed by atoms with Gasteiger partial charge in [-0.2, -0.15) is 5.10 Å². The first-order valence-corrected chi connectivity index (χ1v) is 9.29. The molecule has 4 rings (SSSR count). The Kier molecular flexibility index (Phi) is 4.89. The van der Waals surface area contributed by atoms with Crippen LogP contribution in [0.3, 0.4) is 0 Å². The highest BCUT2D eigenvalue weighted by molar-refractivity contribution is 6.33. The molecule has 1 aliphatic carbocycles. The fourth-order valence-corrected chi connectivity index (χ4v) is 3.46. The number of rotatable bonds is 5. The number of carbonyl (C=O) groups is 1. The number of halogens is 3. The zero-order chi connectivity index (χ0) is 19.0. The van der Waals surface area contributed by atoms with Gasteiger partial charge in [-0.3, -0.25) is 9.48 Å². The van der Waals surface area contributed by atoms with E-state index in [0.717, 1.165) is 12.0 Å². The molecule has 1 fully saturated rings. The van der Waals surface area contributed by atoms with Gasteiger partial charge in [0.2, 0.25) is 5.91 Å². The van der Waals surface area contributed by atoms with Gasteiger partial charge in [-0.05, 0) is 36.1 Å². The minimum absolute atomic E-state index is 0.112. The van der Waals surface area contributed by atoms with Crippen molar-refractivity contribution < 1.29 is 9.18 Å². The first-order valence-electron chi connectivity index (χ1n) is 8.54. The average Bonchev–Trinajstić information content (AvgIpc) is 3.37. The Morgan fingerprint density at radius 2 is 1.93 bits per heavy atom. The summed E-state index contributed by atoms with van der Waals surface area (Å²) in [6.45, 7) is 0.235. The Morgan fingerprint density at radius 1 is 1.19 bits per heavy atom. The van der Waals surface area contributed by atoms with Crippen molar-refractivity contribution in [3.05, 3.63) is 81.7 Å². The number of hydrogen-bond donors (Lipinski definition) is 1. The third-order valence-electron chi connectivity index (χ3n) is 4.67. The lowest BCUT2D eigenvalue weighted by atomic mass is 10.1. The fourth-order valence-electron chi connectivity index (χ4n) is 3.14. The van der Waals surface area contributed by atoms with E-state index >= 15 is 0 Å². The number of nitrogens with one attached hydrogen (secondary N) is 1. The van der Waals surface area contributed by atoms with Crippen molar-refractivity contribution in [2.75, 3.05) is 5.32 Å². The van der Waals surface area contributed by atoms with Crippen LogP contribution in [0.4, 0.5) is 10.2 Å². The molecular formula is C20H16Cl2FN3O. The first kappa shape index (κ1) is 18.0. The normalized spacial score (nSPS) is 18.3. The molecule has 1 aromatic heterocycles. The number of anilines is 1. The SMILES string of the molecule is O=C(Nc1nn(Cc2ccccc2F)cc1Cl)C1CC1c1ccc(Cl)cc1. The highest BCUT2D eigenvalue weighted by atomic mass is 35.5. The lowest BCUT2D eigenvalue weighted by Crippen LogP contribution is -2.15.